The van der Waals surface area contributed by atoms with Crippen molar-refractivity contribution in [3.63, 3.8) is 0 Å². The largest absolute Gasteiger partial charge is 0.503 e. The Morgan fingerprint density at radius 2 is 2.03 bits per heavy atom. The van der Waals surface area contributed by atoms with Gasteiger partial charge in [-0.05, 0) is 42.8 Å². The third-order valence-corrected chi connectivity index (χ3v) is 5.06. The summed E-state index contributed by atoms with van der Waals surface area (Å²) in [5.41, 5.74) is 3.89. The number of aromatic nitrogens is 2. The first-order valence-corrected chi connectivity index (χ1v) is 10.1. The fraction of sp³-hybridized carbons (Fsp3) is 0.286. The molecule has 1 aliphatic heterocycles. The first kappa shape index (κ1) is 23.1. The van der Waals surface area contributed by atoms with Gasteiger partial charge in [0.05, 0.1) is 17.8 Å². The summed E-state index contributed by atoms with van der Waals surface area (Å²) in [6.45, 7) is 3.70. The number of halogens is 1. The molecule has 0 spiro atoms. The van der Waals surface area contributed by atoms with Gasteiger partial charge in [0.15, 0.2) is 0 Å². The number of aryl methyl sites for hydroxylation is 1. The smallest absolute Gasteiger partial charge is 0.270 e. The number of hydrogen-bond donors (Lipinski definition) is 1. The molecule has 0 bridgehead atoms. The van der Waals surface area contributed by atoms with E-state index in [0.717, 1.165) is 16.9 Å². The first-order chi connectivity index (χ1) is 14.6. The number of hydrogen-bond acceptors (Lipinski definition) is 5. The maximum atomic E-state index is 12.9. The molecule has 1 amide bonds. The second kappa shape index (κ2) is 10.2. The number of hydrazone groups is 1. The molecule has 8 nitrogen and oxygen atoms in total. The number of pyridine rings is 1. The average Bonchev–Trinajstić information content (AvgIpc) is 3.15. The minimum absolute atomic E-state index is 0. The Hall–Kier alpha value is -2.57. The maximum absolute atomic E-state index is 12.9. The summed E-state index contributed by atoms with van der Waals surface area (Å²) < 4.78 is 6.84. The van der Waals surface area contributed by atoms with Gasteiger partial charge in [0.25, 0.3) is 5.91 Å². The minimum Gasteiger partial charge on any atom is -0.503 e. The molecule has 0 fully saturated rings. The van der Waals surface area contributed by atoms with Crippen LogP contribution < -0.4 is 10.3 Å². The summed E-state index contributed by atoms with van der Waals surface area (Å²) in [6, 6.07) is 11.8. The van der Waals surface area contributed by atoms with Crippen LogP contribution in [0.4, 0.5) is 5.69 Å². The predicted octanol–water partition coefficient (Wildman–Crippen LogP) is 3.59. The molecule has 166 valence electrons. The third-order valence-electron chi connectivity index (χ3n) is 4.84. The van der Waals surface area contributed by atoms with Crippen LogP contribution in [0.1, 0.15) is 28.7 Å². The van der Waals surface area contributed by atoms with Crippen LogP contribution in [0.2, 0.25) is 5.02 Å². The quantitative estimate of drug-likeness (QED) is 0.473. The Kier molecular flexibility index (Phi) is 7.57. The molecule has 3 heterocycles. The van der Waals surface area contributed by atoms with E-state index in [4.69, 9.17) is 16.3 Å². The van der Waals surface area contributed by atoms with Crippen molar-refractivity contribution in [1.29, 1.82) is 0 Å². The van der Waals surface area contributed by atoms with Gasteiger partial charge in [-0.1, -0.05) is 30.7 Å². The van der Waals surface area contributed by atoms with Gasteiger partial charge in [-0.25, -0.2) is 4.98 Å². The molecule has 0 aliphatic carbocycles. The van der Waals surface area contributed by atoms with E-state index in [1.807, 2.05) is 42.3 Å². The summed E-state index contributed by atoms with van der Waals surface area (Å²) in [7, 11) is 1.55. The molecule has 0 atom stereocenters. The first-order valence-electron chi connectivity index (χ1n) is 9.70. The number of amidine groups is 1. The van der Waals surface area contributed by atoms with Crippen LogP contribution in [0.15, 0.2) is 47.7 Å². The van der Waals surface area contributed by atoms with Crippen LogP contribution in [-0.2, 0) is 38.8 Å². The van der Waals surface area contributed by atoms with Gasteiger partial charge in [-0.15, -0.1) is 0 Å². The van der Waals surface area contributed by atoms with E-state index in [2.05, 4.69) is 20.7 Å². The molecule has 0 unspecified atom stereocenters. The Bertz CT molecular complexity index is 1100. The van der Waals surface area contributed by atoms with Gasteiger partial charge in [0.1, 0.15) is 17.4 Å². The summed E-state index contributed by atoms with van der Waals surface area (Å²) in [5.74, 6) is -0.183. The van der Waals surface area contributed by atoms with Crippen molar-refractivity contribution in [2.24, 2.45) is 5.10 Å². The average molecular weight is 621 g/mol. The van der Waals surface area contributed by atoms with Crippen molar-refractivity contribution in [3.8, 4) is 0 Å². The zero-order valence-electron chi connectivity index (χ0n) is 17.1. The van der Waals surface area contributed by atoms with E-state index in [1.165, 1.54) is 0 Å². The normalized spacial score (nSPS) is 13.3. The Labute approximate surface area is 199 Å². The standard InChI is InChI=1S/C21H23ClN6O2.Pt/c1-3-17-19(27-13-15(22)6-9-18(27)25-17)20(29)24-12-14-4-7-16(8-5-14)28-11-10-23-21(26-28)30-2;/h4-9,13H,3,10-12H2,1-2H3,(H2,23,24,26,29);/p-1. The number of rotatable bonds is 5. The molecule has 0 saturated heterocycles. The number of carbonyl (C=O) groups excluding carboxylic acids is 1. The van der Waals surface area contributed by atoms with E-state index in [0.29, 0.717) is 48.4 Å². The van der Waals surface area contributed by atoms with E-state index >= 15 is 0 Å². The zero-order valence-corrected chi connectivity index (χ0v) is 20.1. The van der Waals surface area contributed by atoms with Crippen LogP contribution in [0.5, 0.6) is 0 Å². The van der Waals surface area contributed by atoms with Crippen LogP contribution in [0, 0.1) is 0 Å². The number of fused-ring (bicyclic) bond motifs is 1. The molecule has 1 aromatic carbocycles. The summed E-state index contributed by atoms with van der Waals surface area (Å²) in [6.07, 6.45) is 2.37. The van der Waals surface area contributed by atoms with Gasteiger partial charge < -0.3 is 25.5 Å². The van der Waals surface area contributed by atoms with Crippen molar-refractivity contribution >= 4 is 34.9 Å². The number of nitrogens with zero attached hydrogens (tertiary/aromatic N) is 5. The number of benzene rings is 1. The topological polar surface area (TPSA) is 85.3 Å². The number of anilines is 1. The Morgan fingerprint density at radius 3 is 2.74 bits per heavy atom. The van der Waals surface area contributed by atoms with Gasteiger partial charge in [0, 0.05) is 46.0 Å². The minimum atomic E-state index is -0.183. The van der Waals surface area contributed by atoms with Crippen molar-refractivity contribution in [2.75, 3.05) is 25.2 Å². The SMILES string of the molecule is CCc1nc2ccc(Cl)cn2c1C(=O)NCc1ccc(N2CC[N-]C(OC)=N2)cc1.[Pt]. The number of ether oxygens (including phenoxy) is 1. The Morgan fingerprint density at radius 1 is 1.26 bits per heavy atom. The van der Waals surface area contributed by atoms with Crippen molar-refractivity contribution in [1.82, 2.24) is 14.7 Å². The molecule has 0 radical (unpaired) electrons. The van der Waals surface area contributed by atoms with Crippen molar-refractivity contribution < 1.29 is 30.6 Å². The number of carbonyl (C=O) groups is 1. The summed E-state index contributed by atoms with van der Waals surface area (Å²) in [4.78, 5) is 17.4. The summed E-state index contributed by atoms with van der Waals surface area (Å²) >= 11 is 6.11. The molecule has 1 N–H and O–H groups in total. The van der Waals surface area contributed by atoms with Gasteiger partial charge in [0.2, 0.25) is 0 Å². The van der Waals surface area contributed by atoms with Crippen LogP contribution >= 0.6 is 11.6 Å². The zero-order chi connectivity index (χ0) is 21.1. The number of amides is 1. The molecule has 2 aromatic heterocycles. The second-order valence-electron chi connectivity index (χ2n) is 6.78. The van der Waals surface area contributed by atoms with E-state index in [-0.39, 0.29) is 27.0 Å². The third kappa shape index (κ3) is 5.02. The maximum Gasteiger partial charge on any atom is 0.270 e. The second-order valence-corrected chi connectivity index (χ2v) is 7.21. The van der Waals surface area contributed by atoms with Gasteiger partial charge in [-0.3, -0.25) is 9.20 Å². The number of imidazole rings is 1. The predicted molar refractivity (Wildman–Crippen MR) is 117 cm³/mol. The molecule has 10 heteroatoms. The molecular weight excluding hydrogens is 599 g/mol. The number of methoxy groups -OCH3 is 1. The van der Waals surface area contributed by atoms with Crippen LogP contribution in [0.3, 0.4) is 0 Å². The van der Waals surface area contributed by atoms with Gasteiger partial charge >= 0.3 is 0 Å². The fourth-order valence-electron chi connectivity index (χ4n) is 3.32. The van der Waals surface area contributed by atoms with E-state index in [9.17, 15) is 4.79 Å². The molecule has 0 saturated carbocycles. The molecule has 1 aliphatic rings. The van der Waals surface area contributed by atoms with E-state index < -0.39 is 0 Å². The fourth-order valence-corrected chi connectivity index (χ4v) is 3.48. The monoisotopic (exact) mass is 620 g/mol. The van der Waals surface area contributed by atoms with Crippen molar-refractivity contribution in [3.05, 3.63) is 69.9 Å². The molecule has 4 rings (SSSR count). The van der Waals surface area contributed by atoms with Crippen LogP contribution in [-0.4, -0.2) is 41.5 Å². The van der Waals surface area contributed by atoms with Crippen molar-refractivity contribution in [2.45, 2.75) is 19.9 Å². The van der Waals surface area contributed by atoms with Crippen LogP contribution in [0.25, 0.3) is 11.0 Å². The Balaban J connectivity index is 0.00000272. The summed E-state index contributed by atoms with van der Waals surface area (Å²) in [5, 5.41) is 13.9. The number of nitrogens with one attached hydrogen (secondary N) is 1. The molecular formula is C21H22ClN6O2Pt-. The molecule has 3 aromatic rings. The molecule has 31 heavy (non-hydrogen) atoms. The van der Waals surface area contributed by atoms with E-state index in [1.54, 1.807) is 23.8 Å². The van der Waals surface area contributed by atoms with Gasteiger partial charge in [-0.2, -0.15) is 0 Å².